The number of rotatable bonds is 55. The molecular formula is C59H115NO5. The lowest BCUT2D eigenvalue weighted by atomic mass is 10.0. The SMILES string of the molecule is CCCCCCC/C=C\CCCCCCCC(=O)OCCCCCCCCCCCCCCCCCCCCCCCCC(=O)NC(CO)C(O)CCCCCCCCCCCCCC. The molecule has 0 aromatic carbocycles. The summed E-state index contributed by atoms with van der Waals surface area (Å²) in [4.78, 5) is 24.5. The maximum absolute atomic E-state index is 12.4. The zero-order valence-corrected chi connectivity index (χ0v) is 44.0. The molecule has 0 aliphatic rings. The predicted octanol–water partition coefficient (Wildman–Crippen LogP) is 18.1. The third-order valence-corrected chi connectivity index (χ3v) is 13.8. The summed E-state index contributed by atoms with van der Waals surface area (Å²) in [5.41, 5.74) is 0. The van der Waals surface area contributed by atoms with Crippen molar-refractivity contribution in [3.63, 3.8) is 0 Å². The van der Waals surface area contributed by atoms with Crippen LogP contribution in [0.2, 0.25) is 0 Å². The highest BCUT2D eigenvalue weighted by Crippen LogP contribution is 2.18. The maximum atomic E-state index is 12.4. The van der Waals surface area contributed by atoms with Crippen molar-refractivity contribution in [1.82, 2.24) is 5.32 Å². The van der Waals surface area contributed by atoms with Gasteiger partial charge in [0.2, 0.25) is 5.91 Å². The number of carbonyl (C=O) groups is 2. The Balaban J connectivity index is 3.36. The van der Waals surface area contributed by atoms with E-state index in [0.29, 0.717) is 25.9 Å². The smallest absolute Gasteiger partial charge is 0.305 e. The van der Waals surface area contributed by atoms with Crippen molar-refractivity contribution in [2.24, 2.45) is 0 Å². The van der Waals surface area contributed by atoms with Gasteiger partial charge in [-0.3, -0.25) is 9.59 Å². The van der Waals surface area contributed by atoms with E-state index in [9.17, 15) is 19.8 Å². The average Bonchev–Trinajstić information content (AvgIpc) is 3.31. The van der Waals surface area contributed by atoms with Crippen LogP contribution < -0.4 is 5.32 Å². The first-order valence-electron chi connectivity index (χ1n) is 29.4. The molecule has 0 aliphatic carbocycles. The third kappa shape index (κ3) is 51.8. The number of amides is 1. The fourth-order valence-corrected chi connectivity index (χ4v) is 9.28. The summed E-state index contributed by atoms with van der Waals surface area (Å²) in [6.45, 7) is 4.95. The van der Waals surface area contributed by atoms with E-state index in [1.54, 1.807) is 0 Å². The summed E-state index contributed by atoms with van der Waals surface area (Å²) in [7, 11) is 0. The molecular weight excluding hydrogens is 803 g/mol. The molecule has 0 bridgehead atoms. The molecule has 0 rings (SSSR count). The molecule has 6 nitrogen and oxygen atoms in total. The summed E-state index contributed by atoms with van der Waals surface area (Å²) in [5, 5.41) is 23.2. The Hall–Kier alpha value is -1.40. The highest BCUT2D eigenvalue weighted by atomic mass is 16.5. The summed E-state index contributed by atoms with van der Waals surface area (Å²) in [6.07, 6.45) is 65.0. The van der Waals surface area contributed by atoms with Crippen molar-refractivity contribution in [2.75, 3.05) is 13.2 Å². The van der Waals surface area contributed by atoms with Crippen molar-refractivity contribution in [2.45, 2.75) is 341 Å². The largest absolute Gasteiger partial charge is 0.466 e. The van der Waals surface area contributed by atoms with Crippen LogP contribution in [0.25, 0.3) is 0 Å². The van der Waals surface area contributed by atoms with Crippen LogP contribution >= 0.6 is 0 Å². The molecule has 0 aliphatic heterocycles. The van der Waals surface area contributed by atoms with E-state index in [1.165, 1.54) is 250 Å². The molecule has 0 radical (unpaired) electrons. The molecule has 0 saturated heterocycles. The van der Waals surface area contributed by atoms with E-state index in [2.05, 4.69) is 31.3 Å². The number of allylic oxidation sites excluding steroid dienone is 2. The Morgan fingerprint density at radius 2 is 0.723 bits per heavy atom. The maximum Gasteiger partial charge on any atom is 0.305 e. The topological polar surface area (TPSA) is 95.9 Å². The predicted molar refractivity (Wildman–Crippen MR) is 283 cm³/mol. The highest BCUT2D eigenvalue weighted by Gasteiger charge is 2.20. The van der Waals surface area contributed by atoms with E-state index < -0.39 is 12.1 Å². The molecule has 65 heavy (non-hydrogen) atoms. The molecule has 0 saturated carbocycles. The van der Waals surface area contributed by atoms with Crippen LogP contribution in [-0.2, 0) is 14.3 Å². The van der Waals surface area contributed by atoms with Crippen molar-refractivity contribution < 1.29 is 24.5 Å². The van der Waals surface area contributed by atoms with Gasteiger partial charge in [-0.1, -0.05) is 276 Å². The van der Waals surface area contributed by atoms with E-state index in [-0.39, 0.29) is 18.5 Å². The van der Waals surface area contributed by atoms with E-state index in [4.69, 9.17) is 4.74 Å². The number of carbonyl (C=O) groups excluding carboxylic acids is 2. The van der Waals surface area contributed by atoms with Crippen LogP contribution in [0.1, 0.15) is 328 Å². The van der Waals surface area contributed by atoms with Gasteiger partial charge in [0, 0.05) is 12.8 Å². The molecule has 0 spiro atoms. The van der Waals surface area contributed by atoms with Crippen molar-refractivity contribution in [1.29, 1.82) is 0 Å². The lowest BCUT2D eigenvalue weighted by molar-refractivity contribution is -0.143. The number of hydrogen-bond acceptors (Lipinski definition) is 5. The summed E-state index contributed by atoms with van der Waals surface area (Å²) in [5.74, 6) is -0.0293. The van der Waals surface area contributed by atoms with Crippen LogP contribution in [0.4, 0.5) is 0 Å². The third-order valence-electron chi connectivity index (χ3n) is 13.8. The highest BCUT2D eigenvalue weighted by molar-refractivity contribution is 5.76. The first-order chi connectivity index (χ1) is 32.0. The normalized spacial score (nSPS) is 12.6. The molecule has 0 heterocycles. The second kappa shape index (κ2) is 55.2. The number of nitrogens with one attached hydrogen (secondary N) is 1. The van der Waals surface area contributed by atoms with Crippen molar-refractivity contribution in [3.8, 4) is 0 Å². The number of hydrogen-bond donors (Lipinski definition) is 3. The number of aliphatic hydroxyl groups is 2. The van der Waals surface area contributed by atoms with Gasteiger partial charge < -0.3 is 20.3 Å². The average molecular weight is 919 g/mol. The van der Waals surface area contributed by atoms with Crippen LogP contribution in [0.15, 0.2) is 12.2 Å². The first kappa shape index (κ1) is 63.6. The molecule has 2 atom stereocenters. The summed E-state index contributed by atoms with van der Waals surface area (Å²) in [6, 6.07) is -0.540. The van der Waals surface area contributed by atoms with Gasteiger partial charge >= 0.3 is 5.97 Å². The first-order valence-corrected chi connectivity index (χ1v) is 29.4. The Labute approximate surface area is 406 Å². The molecule has 6 heteroatoms. The van der Waals surface area contributed by atoms with Gasteiger partial charge in [-0.15, -0.1) is 0 Å². The standard InChI is InChI=1S/C59H115NO5/c1-3-5-7-9-11-13-15-17-29-33-37-41-45-49-53-59(64)65-54-50-46-42-38-34-30-27-25-23-21-19-18-20-22-24-26-28-32-36-40-44-48-52-58(63)60-56(55-61)57(62)51-47-43-39-35-31-16-14-12-10-8-6-4-2/h15,17,56-57,61-62H,3-14,16,18-55H2,1-2H3,(H,60,63)/b17-15-. The zero-order chi connectivity index (χ0) is 47.2. The van der Waals surface area contributed by atoms with E-state index >= 15 is 0 Å². The molecule has 0 fully saturated rings. The summed E-state index contributed by atoms with van der Waals surface area (Å²) < 4.78 is 5.47. The number of unbranched alkanes of at least 4 members (excludes halogenated alkanes) is 42. The Morgan fingerprint density at radius 1 is 0.415 bits per heavy atom. The Bertz CT molecular complexity index is 970. The molecule has 0 aromatic rings. The minimum Gasteiger partial charge on any atom is -0.466 e. The van der Waals surface area contributed by atoms with E-state index in [0.717, 1.165) is 44.9 Å². The van der Waals surface area contributed by atoms with Gasteiger partial charge in [0.15, 0.2) is 0 Å². The monoisotopic (exact) mass is 918 g/mol. The van der Waals surface area contributed by atoms with E-state index in [1.807, 2.05) is 0 Å². The molecule has 3 N–H and O–H groups in total. The Morgan fingerprint density at radius 3 is 1.09 bits per heavy atom. The number of esters is 1. The van der Waals surface area contributed by atoms with Crippen LogP contribution in [0, 0.1) is 0 Å². The second-order valence-electron chi connectivity index (χ2n) is 20.3. The quantitative estimate of drug-likeness (QED) is 0.0321. The van der Waals surface area contributed by atoms with Gasteiger partial charge in [0.05, 0.1) is 25.4 Å². The second-order valence-corrected chi connectivity index (χ2v) is 20.3. The van der Waals surface area contributed by atoms with Gasteiger partial charge in [-0.25, -0.2) is 0 Å². The summed E-state index contributed by atoms with van der Waals surface area (Å²) >= 11 is 0. The van der Waals surface area contributed by atoms with Gasteiger partial charge in [-0.2, -0.15) is 0 Å². The van der Waals surface area contributed by atoms with Gasteiger partial charge in [0.25, 0.3) is 0 Å². The molecule has 1 amide bonds. The molecule has 386 valence electrons. The molecule has 2 unspecified atom stereocenters. The fraction of sp³-hybridized carbons (Fsp3) is 0.932. The van der Waals surface area contributed by atoms with Crippen LogP contribution in [0.3, 0.4) is 0 Å². The van der Waals surface area contributed by atoms with Crippen molar-refractivity contribution in [3.05, 3.63) is 12.2 Å². The Kier molecular flexibility index (Phi) is 54.0. The molecule has 0 aromatic heterocycles. The minimum atomic E-state index is -0.662. The zero-order valence-electron chi connectivity index (χ0n) is 44.0. The fourth-order valence-electron chi connectivity index (χ4n) is 9.28. The number of ether oxygens (including phenoxy) is 1. The van der Waals surface area contributed by atoms with Crippen molar-refractivity contribution >= 4 is 11.9 Å². The van der Waals surface area contributed by atoms with Gasteiger partial charge in [-0.05, 0) is 51.4 Å². The lowest BCUT2D eigenvalue weighted by Crippen LogP contribution is -2.45. The van der Waals surface area contributed by atoms with Crippen LogP contribution in [0.5, 0.6) is 0 Å². The van der Waals surface area contributed by atoms with Crippen LogP contribution in [-0.4, -0.2) is 47.4 Å². The lowest BCUT2D eigenvalue weighted by Gasteiger charge is -2.22. The minimum absolute atomic E-state index is 0.00513. The van der Waals surface area contributed by atoms with Gasteiger partial charge in [0.1, 0.15) is 0 Å². The number of aliphatic hydroxyl groups excluding tert-OH is 2.